The second-order valence-electron chi connectivity index (χ2n) is 4.60. The van der Waals surface area contributed by atoms with Gasteiger partial charge in [0.15, 0.2) is 5.65 Å². The van der Waals surface area contributed by atoms with E-state index in [0.29, 0.717) is 0 Å². The molecule has 2 N–H and O–H groups in total. The number of hydrogen-bond donors (Lipinski definition) is 2. The van der Waals surface area contributed by atoms with Gasteiger partial charge in [-0.15, -0.1) is 0 Å². The molecule has 3 rings (SSSR count). The molecule has 5 nitrogen and oxygen atoms in total. The molecule has 0 atom stereocenters. The Morgan fingerprint density at radius 3 is 2.94 bits per heavy atom. The van der Waals surface area contributed by atoms with Gasteiger partial charge in [0.2, 0.25) is 0 Å². The Balaban J connectivity index is 1.82. The van der Waals surface area contributed by atoms with Crippen molar-refractivity contribution in [1.82, 2.24) is 20.2 Å². The second kappa shape index (κ2) is 4.33. The lowest BCUT2D eigenvalue weighted by Crippen LogP contribution is -2.34. The summed E-state index contributed by atoms with van der Waals surface area (Å²) in [6, 6.07) is 2.11. The lowest BCUT2D eigenvalue weighted by molar-refractivity contribution is 0.273. The number of nitrogens with one attached hydrogen (secondary N) is 2. The zero-order chi connectivity index (χ0) is 11.7. The van der Waals surface area contributed by atoms with Gasteiger partial charge in [0, 0.05) is 24.2 Å². The van der Waals surface area contributed by atoms with E-state index in [0.717, 1.165) is 35.5 Å². The molecular formula is C12H17N5. The van der Waals surface area contributed by atoms with Gasteiger partial charge < -0.3 is 5.43 Å². The molecule has 1 fully saturated rings. The number of aromatic amines is 1. The maximum atomic E-state index is 4.34. The Kier molecular flexibility index (Phi) is 2.68. The number of anilines is 1. The molecule has 1 aliphatic rings. The van der Waals surface area contributed by atoms with Crippen LogP contribution >= 0.6 is 0 Å². The minimum atomic E-state index is 0.784. The third-order valence-electron chi connectivity index (χ3n) is 3.24. The molecule has 0 aliphatic carbocycles. The molecular weight excluding hydrogens is 214 g/mol. The number of pyridine rings is 1. The summed E-state index contributed by atoms with van der Waals surface area (Å²) in [5.41, 5.74) is 6.31. The monoisotopic (exact) mass is 231 g/mol. The van der Waals surface area contributed by atoms with Crippen molar-refractivity contribution in [3.8, 4) is 0 Å². The molecule has 0 radical (unpaired) electrons. The van der Waals surface area contributed by atoms with Crippen molar-refractivity contribution >= 4 is 16.7 Å². The van der Waals surface area contributed by atoms with Gasteiger partial charge >= 0.3 is 0 Å². The fraction of sp³-hybridized carbons (Fsp3) is 0.500. The lowest BCUT2D eigenvalue weighted by Gasteiger charge is -2.27. The van der Waals surface area contributed by atoms with Crippen molar-refractivity contribution in [2.24, 2.45) is 0 Å². The van der Waals surface area contributed by atoms with E-state index in [-0.39, 0.29) is 0 Å². The molecule has 0 bridgehead atoms. The standard InChI is InChI=1S/C12H17N5/c1-9-11-7-10(8-13-12(11)15-14-9)16-17-5-3-2-4-6-17/h7-8,16H,2-6H2,1H3,(H,13,14,15). The van der Waals surface area contributed by atoms with Gasteiger partial charge in [-0.3, -0.25) is 5.10 Å². The van der Waals surface area contributed by atoms with Crippen LogP contribution in [0.15, 0.2) is 12.3 Å². The van der Waals surface area contributed by atoms with Crippen LogP contribution in [0.1, 0.15) is 25.0 Å². The van der Waals surface area contributed by atoms with Crippen LogP contribution in [-0.2, 0) is 0 Å². The van der Waals surface area contributed by atoms with Crippen molar-refractivity contribution in [3.05, 3.63) is 18.0 Å². The normalized spacial score (nSPS) is 17.5. The van der Waals surface area contributed by atoms with Crippen molar-refractivity contribution in [2.45, 2.75) is 26.2 Å². The van der Waals surface area contributed by atoms with Crippen LogP contribution in [0.2, 0.25) is 0 Å². The van der Waals surface area contributed by atoms with Crippen molar-refractivity contribution in [2.75, 3.05) is 18.5 Å². The summed E-state index contributed by atoms with van der Waals surface area (Å²) in [5.74, 6) is 0. The fourth-order valence-electron chi connectivity index (χ4n) is 2.27. The highest BCUT2D eigenvalue weighted by Crippen LogP contribution is 2.19. The van der Waals surface area contributed by atoms with Gasteiger partial charge in [0.25, 0.3) is 0 Å². The third-order valence-corrected chi connectivity index (χ3v) is 3.24. The summed E-state index contributed by atoms with van der Waals surface area (Å²) >= 11 is 0. The van der Waals surface area contributed by atoms with Gasteiger partial charge in [-0.05, 0) is 25.8 Å². The minimum Gasteiger partial charge on any atom is -0.317 e. The molecule has 1 aliphatic heterocycles. The summed E-state index contributed by atoms with van der Waals surface area (Å²) in [5, 5.41) is 10.4. The van der Waals surface area contributed by atoms with Crippen LogP contribution < -0.4 is 5.43 Å². The molecule has 0 unspecified atom stereocenters. The molecule has 2 aromatic heterocycles. The van der Waals surface area contributed by atoms with Crippen molar-refractivity contribution < 1.29 is 0 Å². The summed E-state index contributed by atoms with van der Waals surface area (Å²) in [6.45, 7) is 4.24. The van der Waals surface area contributed by atoms with Gasteiger partial charge in [-0.1, -0.05) is 6.42 Å². The van der Waals surface area contributed by atoms with Crippen molar-refractivity contribution in [1.29, 1.82) is 0 Å². The molecule has 90 valence electrons. The Hall–Kier alpha value is -1.62. The first kappa shape index (κ1) is 10.5. The SMILES string of the molecule is Cc1[nH]nc2ncc(NN3CCCCC3)cc12. The zero-order valence-electron chi connectivity index (χ0n) is 10.0. The number of fused-ring (bicyclic) bond motifs is 1. The molecule has 2 aromatic rings. The molecule has 5 heteroatoms. The first-order chi connectivity index (χ1) is 8.33. The number of hydrazine groups is 1. The molecule has 0 saturated carbocycles. The Morgan fingerprint density at radius 1 is 1.29 bits per heavy atom. The summed E-state index contributed by atoms with van der Waals surface area (Å²) < 4.78 is 0. The first-order valence-corrected chi connectivity index (χ1v) is 6.15. The molecule has 0 spiro atoms. The highest BCUT2D eigenvalue weighted by atomic mass is 15.5. The quantitative estimate of drug-likeness (QED) is 0.830. The number of aromatic nitrogens is 3. The second-order valence-corrected chi connectivity index (χ2v) is 4.60. The van der Waals surface area contributed by atoms with E-state index in [1.807, 2.05) is 13.1 Å². The molecule has 3 heterocycles. The van der Waals surface area contributed by atoms with E-state index >= 15 is 0 Å². The van der Waals surface area contributed by atoms with Crippen LogP contribution in [0, 0.1) is 6.92 Å². The number of rotatable bonds is 2. The van der Waals surface area contributed by atoms with E-state index in [2.05, 4.69) is 31.7 Å². The van der Waals surface area contributed by atoms with Gasteiger partial charge in [0.05, 0.1) is 11.9 Å². The number of aryl methyl sites for hydroxylation is 1. The van der Waals surface area contributed by atoms with Gasteiger partial charge in [-0.2, -0.15) is 5.10 Å². The lowest BCUT2D eigenvalue weighted by atomic mass is 10.2. The Morgan fingerprint density at radius 2 is 2.12 bits per heavy atom. The van der Waals surface area contributed by atoms with Crippen LogP contribution in [-0.4, -0.2) is 33.3 Å². The van der Waals surface area contributed by atoms with Crippen LogP contribution in [0.3, 0.4) is 0 Å². The van der Waals surface area contributed by atoms with Crippen LogP contribution in [0.4, 0.5) is 5.69 Å². The fourth-order valence-corrected chi connectivity index (χ4v) is 2.27. The average Bonchev–Trinajstić information content (AvgIpc) is 2.73. The average molecular weight is 231 g/mol. The van der Waals surface area contributed by atoms with E-state index < -0.39 is 0 Å². The topological polar surface area (TPSA) is 56.8 Å². The zero-order valence-corrected chi connectivity index (χ0v) is 10.0. The predicted molar refractivity (Wildman–Crippen MR) is 67.7 cm³/mol. The molecule has 0 amide bonds. The summed E-state index contributed by atoms with van der Waals surface area (Å²) in [7, 11) is 0. The van der Waals surface area contributed by atoms with E-state index in [1.165, 1.54) is 19.3 Å². The predicted octanol–water partition coefficient (Wildman–Crippen LogP) is 2.08. The summed E-state index contributed by atoms with van der Waals surface area (Å²) in [6.07, 6.45) is 5.73. The smallest absolute Gasteiger partial charge is 0.181 e. The maximum absolute atomic E-state index is 4.34. The van der Waals surface area contributed by atoms with Crippen molar-refractivity contribution in [3.63, 3.8) is 0 Å². The minimum absolute atomic E-state index is 0.784. The first-order valence-electron chi connectivity index (χ1n) is 6.15. The molecule has 0 aromatic carbocycles. The number of hydrogen-bond acceptors (Lipinski definition) is 4. The highest BCUT2D eigenvalue weighted by molar-refractivity contribution is 5.80. The number of H-pyrrole nitrogens is 1. The highest BCUT2D eigenvalue weighted by Gasteiger charge is 2.10. The molecule has 1 saturated heterocycles. The van der Waals surface area contributed by atoms with E-state index in [1.54, 1.807) is 0 Å². The largest absolute Gasteiger partial charge is 0.317 e. The molecule has 17 heavy (non-hydrogen) atoms. The summed E-state index contributed by atoms with van der Waals surface area (Å²) in [4.78, 5) is 4.34. The van der Waals surface area contributed by atoms with Crippen LogP contribution in [0.25, 0.3) is 11.0 Å². The van der Waals surface area contributed by atoms with Gasteiger partial charge in [0.1, 0.15) is 0 Å². The Labute approximate surface area is 100 Å². The third kappa shape index (κ3) is 2.10. The van der Waals surface area contributed by atoms with E-state index in [9.17, 15) is 0 Å². The maximum Gasteiger partial charge on any atom is 0.181 e. The Bertz CT molecular complexity index is 513. The number of piperidine rings is 1. The van der Waals surface area contributed by atoms with E-state index in [4.69, 9.17) is 0 Å². The van der Waals surface area contributed by atoms with Crippen LogP contribution in [0.5, 0.6) is 0 Å². The number of nitrogens with zero attached hydrogens (tertiary/aromatic N) is 3. The van der Waals surface area contributed by atoms with Gasteiger partial charge in [-0.25, -0.2) is 9.99 Å².